The second-order valence-electron chi connectivity index (χ2n) is 2.90. The van der Waals surface area contributed by atoms with Gasteiger partial charge >= 0.3 is 19.5 Å². The molecule has 1 aliphatic carbocycles. The standard InChI is InChI=1S/C7H13.C3H5.Co.O/c1-7-5-3-2-4-6-7;1-3-2;;/h2,7H,3-6H2,1H3;1H2,2H3;;/q2*-1;;. The summed E-state index contributed by atoms with van der Waals surface area (Å²) in [6, 6.07) is 0. The van der Waals surface area contributed by atoms with Gasteiger partial charge in [0, 0.05) is 0 Å². The Kier molecular flexibility index (Phi) is 16.5. The van der Waals surface area contributed by atoms with E-state index in [0.29, 0.717) is 0 Å². The Bertz CT molecular complexity index is 87.8. The van der Waals surface area contributed by atoms with Crippen molar-refractivity contribution in [3.05, 3.63) is 19.1 Å². The minimum absolute atomic E-state index is 1.00. The van der Waals surface area contributed by atoms with E-state index in [1.165, 1.54) is 25.7 Å². The molecule has 1 nitrogen and oxygen atoms in total. The molecule has 12 heavy (non-hydrogen) atoms. The third-order valence-electron chi connectivity index (χ3n) is 1.73. The van der Waals surface area contributed by atoms with Crippen molar-refractivity contribution in [2.75, 3.05) is 0 Å². The summed E-state index contributed by atoms with van der Waals surface area (Å²) in [4.78, 5) is 0. The number of allylic oxidation sites excluding steroid dienone is 1. The van der Waals surface area contributed by atoms with Crippen LogP contribution in [0.5, 0.6) is 0 Å². The third-order valence-corrected chi connectivity index (χ3v) is 1.73. The monoisotopic (exact) mass is 213 g/mol. The predicted octanol–water partition coefficient (Wildman–Crippen LogP) is 3.27. The van der Waals surface area contributed by atoms with Crippen molar-refractivity contribution in [3.63, 3.8) is 0 Å². The number of rotatable bonds is 0. The maximum absolute atomic E-state index is 7.94. The van der Waals surface area contributed by atoms with Crippen molar-refractivity contribution in [2.24, 2.45) is 5.92 Å². The van der Waals surface area contributed by atoms with Gasteiger partial charge in [-0.25, -0.2) is 0 Å². The summed E-state index contributed by atoms with van der Waals surface area (Å²) >= 11 is 2.31. The zero-order valence-electron chi connectivity index (χ0n) is 7.93. The van der Waals surface area contributed by atoms with Crippen LogP contribution in [0.15, 0.2) is 6.58 Å². The van der Waals surface area contributed by atoms with Gasteiger partial charge in [0.25, 0.3) is 0 Å². The first kappa shape index (κ1) is 14.6. The van der Waals surface area contributed by atoms with Crippen molar-refractivity contribution >= 4 is 0 Å². The van der Waals surface area contributed by atoms with Crippen LogP contribution >= 0.6 is 0 Å². The normalized spacial score (nSPS) is 16.2. The number of hydrogen-bond donors (Lipinski definition) is 0. The van der Waals surface area contributed by atoms with Crippen molar-refractivity contribution in [2.45, 2.75) is 39.5 Å². The molecule has 0 aromatic rings. The summed E-state index contributed by atoms with van der Waals surface area (Å²) in [6.45, 7) is 7.34. The summed E-state index contributed by atoms with van der Waals surface area (Å²) in [6.07, 6.45) is 10.5. The molecule has 0 atom stereocenters. The van der Waals surface area contributed by atoms with E-state index in [0.717, 1.165) is 5.92 Å². The minimum atomic E-state index is 1.00. The summed E-state index contributed by atoms with van der Waals surface area (Å²) in [5, 5.41) is 0. The molecule has 0 spiro atoms. The van der Waals surface area contributed by atoms with E-state index in [-0.39, 0.29) is 0 Å². The molecule has 0 amide bonds. The van der Waals surface area contributed by atoms with Crippen LogP contribution in [0.1, 0.15) is 39.5 Å². The van der Waals surface area contributed by atoms with Crippen molar-refractivity contribution in [3.8, 4) is 0 Å². The Morgan fingerprint density at radius 3 is 1.92 bits per heavy atom. The molecule has 0 aromatic heterocycles. The fraction of sp³-hybridized carbons (Fsp3) is 0.700. The van der Waals surface area contributed by atoms with Crippen LogP contribution in [-0.4, -0.2) is 0 Å². The summed E-state index contributed by atoms with van der Waals surface area (Å²) in [7, 11) is 0. The van der Waals surface area contributed by atoms with Crippen LogP contribution in [0.25, 0.3) is 0 Å². The number of hydrogen-bond acceptors (Lipinski definition) is 1. The van der Waals surface area contributed by atoms with Crippen LogP contribution < -0.4 is 0 Å². The molecule has 0 bridgehead atoms. The molecule has 0 unspecified atom stereocenters. The molecule has 1 fully saturated rings. The molecule has 0 radical (unpaired) electrons. The van der Waals surface area contributed by atoms with Crippen molar-refractivity contribution in [1.29, 1.82) is 0 Å². The van der Waals surface area contributed by atoms with E-state index in [2.05, 4.69) is 41.7 Å². The first-order valence-electron chi connectivity index (χ1n) is 4.20. The Balaban J connectivity index is 0. The predicted molar refractivity (Wildman–Crippen MR) is 47.2 cm³/mol. The van der Waals surface area contributed by atoms with Crippen LogP contribution in [0.3, 0.4) is 0 Å². The Morgan fingerprint density at radius 2 is 1.75 bits per heavy atom. The van der Waals surface area contributed by atoms with Gasteiger partial charge in [-0.05, 0) is 5.92 Å². The molecule has 1 saturated carbocycles. The van der Waals surface area contributed by atoms with Gasteiger partial charge in [0.15, 0.2) is 0 Å². The van der Waals surface area contributed by atoms with E-state index in [4.69, 9.17) is 3.87 Å². The molecule has 0 aliphatic heterocycles. The van der Waals surface area contributed by atoms with E-state index >= 15 is 0 Å². The first-order chi connectivity index (χ1) is 5.81. The van der Waals surface area contributed by atoms with Gasteiger partial charge in [0.05, 0.1) is 0 Å². The second-order valence-corrected chi connectivity index (χ2v) is 2.90. The molecule has 75 valence electrons. The van der Waals surface area contributed by atoms with Crippen molar-refractivity contribution in [1.82, 2.24) is 0 Å². The average Bonchev–Trinajstić information content (AvgIpc) is 2.11. The second kappa shape index (κ2) is 13.6. The van der Waals surface area contributed by atoms with Gasteiger partial charge < -0.3 is 12.5 Å². The molecular formula is C10H18CoO-2. The summed E-state index contributed by atoms with van der Waals surface area (Å²) < 4.78 is 7.94. The Morgan fingerprint density at radius 1 is 1.42 bits per heavy atom. The Hall–Kier alpha value is 0.0465. The van der Waals surface area contributed by atoms with Gasteiger partial charge in [-0.2, -0.15) is 19.8 Å². The van der Waals surface area contributed by atoms with Gasteiger partial charge in [0.2, 0.25) is 0 Å². The van der Waals surface area contributed by atoms with Gasteiger partial charge in [-0.1, -0.05) is 19.8 Å². The van der Waals surface area contributed by atoms with Crippen LogP contribution in [0.2, 0.25) is 0 Å². The van der Waals surface area contributed by atoms with Crippen molar-refractivity contribution < 1.29 is 19.5 Å². The molecule has 0 N–H and O–H groups in total. The topological polar surface area (TPSA) is 17.1 Å². The fourth-order valence-corrected chi connectivity index (χ4v) is 1.09. The maximum atomic E-state index is 7.94. The van der Waals surface area contributed by atoms with Gasteiger partial charge in [-0.3, -0.25) is 6.58 Å². The van der Waals surface area contributed by atoms with E-state index < -0.39 is 0 Å². The fourth-order valence-electron chi connectivity index (χ4n) is 1.09. The van der Waals surface area contributed by atoms with E-state index in [1.54, 1.807) is 6.92 Å². The summed E-state index contributed by atoms with van der Waals surface area (Å²) in [5.74, 6) is 1.00. The van der Waals surface area contributed by atoms with Crippen LogP contribution in [0, 0.1) is 18.4 Å². The molecule has 1 aliphatic rings. The van der Waals surface area contributed by atoms with E-state index in [1.807, 2.05) is 0 Å². The third kappa shape index (κ3) is 12.7. The molecule has 2 heteroatoms. The first-order valence-corrected chi connectivity index (χ1v) is 4.62. The summed E-state index contributed by atoms with van der Waals surface area (Å²) in [5.41, 5.74) is 0. The molecule has 0 saturated heterocycles. The Labute approximate surface area is 84.4 Å². The van der Waals surface area contributed by atoms with Gasteiger partial charge in [0.1, 0.15) is 0 Å². The molecular weight excluding hydrogens is 195 g/mol. The molecule has 0 heterocycles. The molecule has 1 rings (SSSR count). The van der Waals surface area contributed by atoms with Crippen LogP contribution in [0.4, 0.5) is 0 Å². The SMILES string of the molecule is C=[C-]C.CC1CC[CH-]CC1.[O]=[Co]. The quantitative estimate of drug-likeness (QED) is 0.564. The zero-order valence-corrected chi connectivity index (χ0v) is 8.97. The zero-order chi connectivity index (χ0) is 9.82. The molecule has 0 aromatic carbocycles. The average molecular weight is 213 g/mol. The van der Waals surface area contributed by atoms with Gasteiger partial charge in [-0.15, -0.1) is 0 Å². The van der Waals surface area contributed by atoms with Crippen LogP contribution in [-0.2, 0) is 19.5 Å². The van der Waals surface area contributed by atoms with E-state index in [9.17, 15) is 0 Å².